The van der Waals surface area contributed by atoms with Crippen molar-refractivity contribution in [1.82, 2.24) is 19.2 Å². The van der Waals surface area contributed by atoms with Crippen LogP contribution in [0.15, 0.2) is 85.1 Å². The minimum Gasteiger partial charge on any atom is -0.445 e. The van der Waals surface area contributed by atoms with E-state index in [4.69, 9.17) is 4.74 Å². The minimum atomic E-state index is -3.87. The Labute approximate surface area is 270 Å². The summed E-state index contributed by atoms with van der Waals surface area (Å²) < 4.78 is 39.1. The fraction of sp³-hybridized carbons (Fsp3) is 0.219. The summed E-state index contributed by atoms with van der Waals surface area (Å²) in [4.78, 5) is 36.5. The zero-order chi connectivity index (χ0) is 32.1. The van der Waals surface area contributed by atoms with Crippen molar-refractivity contribution in [1.29, 1.82) is 0 Å². The third-order valence-corrected chi connectivity index (χ3v) is 10.1. The monoisotopic (exact) mass is 657 g/mol. The number of carbonyl (C=O) groups excluding carboxylic acids is 2. The molecule has 1 aliphatic rings. The molecule has 1 atom stereocenters. The molecule has 5 aromatic rings. The lowest BCUT2D eigenvalue weighted by molar-refractivity contribution is 0.0899. The van der Waals surface area contributed by atoms with Gasteiger partial charge < -0.3 is 20.3 Å². The summed E-state index contributed by atoms with van der Waals surface area (Å²) in [5.41, 5.74) is 3.86. The van der Waals surface area contributed by atoms with Crippen LogP contribution in [-0.2, 0) is 21.4 Å². The number of carbonyl (C=O) groups is 2. The average molecular weight is 658 g/mol. The number of hydrogen-bond acceptors (Lipinski definition) is 10. The smallest absolute Gasteiger partial charge is 0.410 e. The molecular weight excluding hydrogens is 627 g/mol. The number of para-hydroxylation sites is 2. The van der Waals surface area contributed by atoms with Crippen molar-refractivity contribution in [2.75, 3.05) is 28.4 Å². The first-order chi connectivity index (χ1) is 22.2. The van der Waals surface area contributed by atoms with Crippen molar-refractivity contribution in [3.8, 4) is 0 Å². The van der Waals surface area contributed by atoms with E-state index < -0.39 is 27.3 Å². The van der Waals surface area contributed by atoms with Crippen LogP contribution < -0.4 is 15.4 Å². The number of aromatic nitrogens is 3. The van der Waals surface area contributed by atoms with Crippen LogP contribution in [0.25, 0.3) is 11.0 Å². The molecule has 1 unspecified atom stereocenters. The third kappa shape index (κ3) is 7.24. The van der Waals surface area contributed by atoms with Crippen molar-refractivity contribution >= 4 is 66.8 Å². The number of rotatable bonds is 9. The minimum absolute atomic E-state index is 0.0151. The molecule has 3 N–H and O–H groups in total. The summed E-state index contributed by atoms with van der Waals surface area (Å²) in [6.45, 7) is 2.28. The van der Waals surface area contributed by atoms with Gasteiger partial charge in [0.05, 0.1) is 39.4 Å². The Morgan fingerprint density at radius 2 is 1.76 bits per heavy atom. The molecule has 6 rings (SSSR count). The Balaban J connectivity index is 1.09. The molecule has 1 fully saturated rings. The first-order valence-corrected chi connectivity index (χ1v) is 16.9. The van der Waals surface area contributed by atoms with Gasteiger partial charge in [-0.1, -0.05) is 48.5 Å². The van der Waals surface area contributed by atoms with Crippen LogP contribution in [-0.4, -0.2) is 58.0 Å². The van der Waals surface area contributed by atoms with Crippen molar-refractivity contribution in [2.45, 2.75) is 31.6 Å². The van der Waals surface area contributed by atoms with Gasteiger partial charge in [-0.15, -0.1) is 0 Å². The molecule has 12 nitrogen and oxygen atoms in total. The van der Waals surface area contributed by atoms with Gasteiger partial charge in [-0.2, -0.15) is 4.37 Å². The highest BCUT2D eigenvalue weighted by atomic mass is 32.2. The van der Waals surface area contributed by atoms with Gasteiger partial charge in [0.2, 0.25) is 10.0 Å². The zero-order valence-corrected chi connectivity index (χ0v) is 26.5. The van der Waals surface area contributed by atoms with Crippen LogP contribution in [0.1, 0.15) is 34.5 Å². The third-order valence-electron chi connectivity index (χ3n) is 7.44. The number of likely N-dealkylation sites (tertiary alicyclic amines) is 1. The lowest BCUT2D eigenvalue weighted by Crippen LogP contribution is -2.46. The number of sulfonamides is 1. The maximum atomic E-state index is 13.4. The number of anilines is 4. The van der Waals surface area contributed by atoms with Crippen molar-refractivity contribution in [3.05, 3.63) is 102 Å². The number of aryl methyl sites for hydroxylation is 1. The van der Waals surface area contributed by atoms with Gasteiger partial charge in [0, 0.05) is 18.8 Å². The van der Waals surface area contributed by atoms with Gasteiger partial charge in [-0.05, 0) is 67.2 Å². The summed E-state index contributed by atoms with van der Waals surface area (Å²) in [6.07, 6.45) is 1.97. The van der Waals surface area contributed by atoms with Crippen molar-refractivity contribution < 1.29 is 22.7 Å². The summed E-state index contributed by atoms with van der Waals surface area (Å²) in [6, 6.07) is 23.2. The second-order valence-corrected chi connectivity index (χ2v) is 13.5. The Hall–Kier alpha value is -5.08. The van der Waals surface area contributed by atoms with E-state index in [-0.39, 0.29) is 18.8 Å². The lowest BCUT2D eigenvalue weighted by Gasteiger charge is -2.31. The van der Waals surface area contributed by atoms with Crippen LogP contribution >= 0.6 is 11.5 Å². The predicted molar refractivity (Wildman–Crippen MR) is 178 cm³/mol. The van der Waals surface area contributed by atoms with E-state index in [0.717, 1.165) is 22.6 Å². The topological polar surface area (TPSA) is 156 Å². The second kappa shape index (κ2) is 13.5. The molecule has 236 valence electrons. The number of hydrogen-bond donors (Lipinski definition) is 3. The average Bonchev–Trinajstić information content (AvgIpc) is 3.43. The summed E-state index contributed by atoms with van der Waals surface area (Å²) >= 11 is 1.13. The first kappa shape index (κ1) is 30.9. The Morgan fingerprint density at radius 3 is 2.59 bits per heavy atom. The number of nitrogens with zero attached hydrogens (tertiary/aromatic N) is 4. The number of nitrogens with one attached hydrogen (secondary N) is 3. The zero-order valence-electron chi connectivity index (χ0n) is 24.8. The molecule has 2 aromatic heterocycles. The Bertz CT molecular complexity index is 1990. The number of benzene rings is 3. The predicted octanol–water partition coefficient (Wildman–Crippen LogP) is 5.93. The quantitative estimate of drug-likeness (QED) is 0.175. The molecule has 3 heterocycles. The molecule has 0 radical (unpaired) electrons. The number of amides is 2. The summed E-state index contributed by atoms with van der Waals surface area (Å²) in [7, 11) is -3.87. The summed E-state index contributed by atoms with van der Waals surface area (Å²) in [5, 5.41) is 5.67. The van der Waals surface area contributed by atoms with Crippen molar-refractivity contribution in [3.63, 3.8) is 0 Å². The van der Waals surface area contributed by atoms with E-state index in [1.165, 1.54) is 4.90 Å². The Morgan fingerprint density at radius 1 is 1.00 bits per heavy atom. The highest BCUT2D eigenvalue weighted by Gasteiger charge is 2.33. The molecule has 3 aromatic carbocycles. The molecule has 14 heteroatoms. The number of ether oxygens (including phenoxy) is 1. The van der Waals surface area contributed by atoms with Gasteiger partial charge in [-0.3, -0.25) is 14.5 Å². The molecule has 0 aliphatic carbocycles. The molecule has 46 heavy (non-hydrogen) atoms. The highest BCUT2D eigenvalue weighted by Crippen LogP contribution is 2.29. The molecule has 0 spiro atoms. The standard InChI is InChI=1S/C32H31N7O5S2/c1-21-29(31(45-37-21)36-28-18-33-26-14-5-6-15-27(26)35-28)30(40)34-23-11-7-12-24(17-23)38-46(42,43)25-13-8-16-39(19-25)32(41)44-20-22-9-3-2-4-10-22/h2-7,9-12,14-15,17-18,25,38H,8,13,16,19-20H2,1H3,(H,34,40)(H,35,36). The van der Waals surface area contributed by atoms with Crippen LogP contribution in [0, 0.1) is 6.92 Å². The SMILES string of the molecule is Cc1nsc(Nc2cnc3ccccc3n2)c1C(=O)Nc1cccc(NS(=O)(=O)C2CCCN(C(=O)OCc3ccccc3)C2)c1. The number of piperidine rings is 1. The van der Waals surface area contributed by atoms with Crippen LogP contribution in [0.5, 0.6) is 0 Å². The van der Waals surface area contributed by atoms with E-state index in [9.17, 15) is 18.0 Å². The first-order valence-electron chi connectivity index (χ1n) is 14.6. The van der Waals surface area contributed by atoms with Gasteiger partial charge in [-0.25, -0.2) is 18.2 Å². The fourth-order valence-electron chi connectivity index (χ4n) is 5.13. The molecule has 1 aliphatic heterocycles. The molecule has 2 amide bonds. The maximum Gasteiger partial charge on any atom is 0.410 e. The molecular formula is C32H31N7O5S2. The lowest BCUT2D eigenvalue weighted by atomic mass is 10.1. The van der Waals surface area contributed by atoms with Gasteiger partial charge >= 0.3 is 6.09 Å². The molecule has 0 bridgehead atoms. The normalized spacial score (nSPS) is 14.9. The van der Waals surface area contributed by atoms with Crippen LogP contribution in [0.3, 0.4) is 0 Å². The maximum absolute atomic E-state index is 13.4. The van der Waals surface area contributed by atoms with Gasteiger partial charge in [0.25, 0.3) is 5.91 Å². The summed E-state index contributed by atoms with van der Waals surface area (Å²) in [5.74, 6) is 0.0537. The van der Waals surface area contributed by atoms with Gasteiger partial charge in [0.15, 0.2) is 0 Å². The fourth-order valence-corrected chi connectivity index (χ4v) is 7.40. The van der Waals surface area contributed by atoms with E-state index in [0.29, 0.717) is 52.7 Å². The van der Waals surface area contributed by atoms with Crippen molar-refractivity contribution in [2.24, 2.45) is 0 Å². The van der Waals surface area contributed by atoms with Crippen LogP contribution in [0.2, 0.25) is 0 Å². The molecule has 0 saturated carbocycles. The highest BCUT2D eigenvalue weighted by molar-refractivity contribution is 7.93. The largest absolute Gasteiger partial charge is 0.445 e. The van der Waals surface area contributed by atoms with E-state index in [2.05, 4.69) is 29.7 Å². The molecule has 1 saturated heterocycles. The second-order valence-electron chi connectivity index (χ2n) is 10.8. The Kier molecular flexibility index (Phi) is 9.08. The van der Waals surface area contributed by atoms with E-state index >= 15 is 0 Å². The number of fused-ring (bicyclic) bond motifs is 1. The van der Waals surface area contributed by atoms with Gasteiger partial charge in [0.1, 0.15) is 17.4 Å². The van der Waals surface area contributed by atoms with Crippen LogP contribution in [0.4, 0.5) is 27.0 Å². The van der Waals surface area contributed by atoms with E-state index in [1.54, 1.807) is 37.4 Å². The van der Waals surface area contributed by atoms with E-state index in [1.807, 2.05) is 54.6 Å².